The number of ether oxygens (including phenoxy) is 2. The van der Waals surface area contributed by atoms with E-state index in [4.69, 9.17) is 14.6 Å². The molecule has 2 heterocycles. The van der Waals surface area contributed by atoms with Gasteiger partial charge in [-0.05, 0) is 36.4 Å². The SMILES string of the molecule is COc1cccc(C2=NN3[C@@H](C2)c2cc(Br)ccc2O[C@H]3c2ccccc2F)c1. The van der Waals surface area contributed by atoms with Crippen molar-refractivity contribution in [2.75, 3.05) is 7.11 Å². The van der Waals surface area contributed by atoms with Gasteiger partial charge in [-0.3, -0.25) is 0 Å². The van der Waals surface area contributed by atoms with E-state index in [2.05, 4.69) is 22.0 Å². The molecule has 0 saturated heterocycles. The Morgan fingerprint density at radius 2 is 1.93 bits per heavy atom. The topological polar surface area (TPSA) is 34.1 Å². The van der Waals surface area contributed by atoms with Gasteiger partial charge >= 0.3 is 0 Å². The number of hydrogen-bond donors (Lipinski definition) is 0. The maximum Gasteiger partial charge on any atom is 0.216 e. The Balaban J connectivity index is 1.62. The van der Waals surface area contributed by atoms with Gasteiger partial charge in [-0.1, -0.05) is 46.3 Å². The Hall–Kier alpha value is -2.86. The number of nitrogens with zero attached hydrogens (tertiary/aromatic N) is 2. The molecule has 0 bridgehead atoms. The highest BCUT2D eigenvalue weighted by Gasteiger charge is 2.41. The van der Waals surface area contributed by atoms with Crippen LogP contribution in [0.4, 0.5) is 4.39 Å². The number of hydrazone groups is 1. The Morgan fingerprint density at radius 1 is 1.07 bits per heavy atom. The molecular formula is C23H18BrFN2O2. The van der Waals surface area contributed by atoms with Gasteiger partial charge in [0.25, 0.3) is 0 Å². The lowest BCUT2D eigenvalue weighted by Gasteiger charge is -2.38. The molecule has 0 aromatic heterocycles. The third kappa shape index (κ3) is 3.17. The van der Waals surface area contributed by atoms with Crippen LogP contribution in [0.3, 0.4) is 0 Å². The van der Waals surface area contributed by atoms with Crippen molar-refractivity contribution in [3.05, 3.63) is 93.7 Å². The summed E-state index contributed by atoms with van der Waals surface area (Å²) in [5, 5.41) is 6.75. The van der Waals surface area contributed by atoms with E-state index in [1.165, 1.54) is 6.07 Å². The van der Waals surface area contributed by atoms with Crippen LogP contribution in [0.15, 0.2) is 76.3 Å². The molecule has 4 nitrogen and oxygen atoms in total. The molecule has 0 fully saturated rings. The summed E-state index contributed by atoms with van der Waals surface area (Å²) in [7, 11) is 1.65. The van der Waals surface area contributed by atoms with Crippen molar-refractivity contribution in [1.82, 2.24) is 5.01 Å². The lowest BCUT2D eigenvalue weighted by molar-refractivity contribution is -0.0212. The van der Waals surface area contributed by atoms with E-state index >= 15 is 0 Å². The third-order valence-electron chi connectivity index (χ3n) is 5.33. The Morgan fingerprint density at radius 3 is 2.76 bits per heavy atom. The zero-order chi connectivity index (χ0) is 20.0. The zero-order valence-electron chi connectivity index (χ0n) is 15.7. The standard InChI is InChI=1S/C23H18BrFN2O2/c1-28-16-6-4-5-14(11-16)20-13-21-18-12-15(24)9-10-22(18)29-23(27(21)26-20)17-7-2-3-8-19(17)25/h2-12,21,23H,13H2,1H3/t21-,23-/m0/s1. The summed E-state index contributed by atoms with van der Waals surface area (Å²) in [6.45, 7) is 0. The summed E-state index contributed by atoms with van der Waals surface area (Å²) in [6.07, 6.45) is 0.0725. The van der Waals surface area contributed by atoms with E-state index in [0.717, 1.165) is 32.8 Å². The summed E-state index contributed by atoms with van der Waals surface area (Å²) in [5.41, 5.74) is 3.42. The molecule has 0 unspecified atom stereocenters. The predicted octanol–water partition coefficient (Wildman–Crippen LogP) is 5.84. The van der Waals surface area contributed by atoms with Gasteiger partial charge in [0.2, 0.25) is 6.23 Å². The van der Waals surface area contributed by atoms with Crippen LogP contribution in [0.1, 0.15) is 35.4 Å². The largest absolute Gasteiger partial charge is 0.497 e. The number of hydrogen-bond acceptors (Lipinski definition) is 4. The number of fused-ring (bicyclic) bond motifs is 3. The Kier molecular flexibility index (Phi) is 4.51. The molecule has 0 radical (unpaired) electrons. The molecule has 2 aliphatic heterocycles. The van der Waals surface area contributed by atoms with E-state index in [1.807, 2.05) is 47.5 Å². The van der Waals surface area contributed by atoms with E-state index < -0.39 is 6.23 Å². The van der Waals surface area contributed by atoms with Gasteiger partial charge in [0, 0.05) is 22.0 Å². The van der Waals surface area contributed by atoms with E-state index in [-0.39, 0.29) is 11.9 Å². The summed E-state index contributed by atoms with van der Waals surface area (Å²) < 4.78 is 27.2. The molecule has 2 atom stereocenters. The molecule has 0 aliphatic carbocycles. The highest BCUT2D eigenvalue weighted by molar-refractivity contribution is 9.10. The maximum atomic E-state index is 14.6. The minimum Gasteiger partial charge on any atom is -0.497 e. The fourth-order valence-corrected chi connectivity index (χ4v) is 4.29. The summed E-state index contributed by atoms with van der Waals surface area (Å²) in [5.74, 6) is 1.23. The molecule has 3 aromatic carbocycles. The molecule has 0 amide bonds. The van der Waals surface area contributed by atoms with Crippen molar-refractivity contribution < 1.29 is 13.9 Å². The summed E-state index contributed by atoms with van der Waals surface area (Å²) >= 11 is 3.55. The van der Waals surface area contributed by atoms with Crippen molar-refractivity contribution in [3.8, 4) is 11.5 Å². The van der Waals surface area contributed by atoms with Gasteiger partial charge in [0.15, 0.2) is 0 Å². The fraction of sp³-hybridized carbons (Fsp3) is 0.174. The minimum atomic E-state index is -0.627. The van der Waals surface area contributed by atoms with Crippen LogP contribution >= 0.6 is 15.9 Å². The normalized spacial score (nSPS) is 19.8. The predicted molar refractivity (Wildman–Crippen MR) is 113 cm³/mol. The molecule has 6 heteroatoms. The van der Waals surface area contributed by atoms with Crippen LogP contribution in [-0.4, -0.2) is 17.8 Å². The quantitative estimate of drug-likeness (QED) is 0.500. The molecular weight excluding hydrogens is 435 g/mol. The number of benzene rings is 3. The first-order valence-electron chi connectivity index (χ1n) is 9.35. The number of methoxy groups -OCH3 is 1. The molecule has 0 spiro atoms. The van der Waals surface area contributed by atoms with E-state index in [0.29, 0.717) is 12.0 Å². The minimum absolute atomic E-state index is 0.0398. The number of rotatable bonds is 3. The first kappa shape index (κ1) is 18.2. The monoisotopic (exact) mass is 452 g/mol. The van der Waals surface area contributed by atoms with Crippen LogP contribution in [0.5, 0.6) is 11.5 Å². The molecule has 29 heavy (non-hydrogen) atoms. The summed E-state index contributed by atoms with van der Waals surface area (Å²) in [6, 6.07) is 20.4. The van der Waals surface area contributed by atoms with Crippen molar-refractivity contribution in [3.63, 3.8) is 0 Å². The Labute approximate surface area is 176 Å². The first-order chi connectivity index (χ1) is 14.1. The third-order valence-corrected chi connectivity index (χ3v) is 5.82. The van der Waals surface area contributed by atoms with Crippen LogP contribution in [0.2, 0.25) is 0 Å². The lowest BCUT2D eigenvalue weighted by atomic mass is 9.96. The molecule has 0 N–H and O–H groups in total. The second-order valence-corrected chi connectivity index (χ2v) is 7.97. The number of halogens is 2. The second kappa shape index (κ2) is 7.19. The van der Waals surface area contributed by atoms with Gasteiger partial charge in [-0.25, -0.2) is 9.40 Å². The highest BCUT2D eigenvalue weighted by atomic mass is 79.9. The Bertz CT molecular complexity index is 1120. The smallest absolute Gasteiger partial charge is 0.216 e. The molecule has 146 valence electrons. The highest BCUT2D eigenvalue weighted by Crippen LogP contribution is 2.48. The van der Waals surface area contributed by atoms with Crippen molar-refractivity contribution in [1.29, 1.82) is 0 Å². The first-order valence-corrected chi connectivity index (χ1v) is 10.1. The maximum absolute atomic E-state index is 14.6. The van der Waals surface area contributed by atoms with Crippen LogP contribution in [0.25, 0.3) is 0 Å². The van der Waals surface area contributed by atoms with Crippen molar-refractivity contribution in [2.45, 2.75) is 18.7 Å². The van der Waals surface area contributed by atoms with Gasteiger partial charge < -0.3 is 9.47 Å². The van der Waals surface area contributed by atoms with E-state index in [9.17, 15) is 4.39 Å². The van der Waals surface area contributed by atoms with Crippen molar-refractivity contribution >= 4 is 21.6 Å². The van der Waals surface area contributed by atoms with Gasteiger partial charge in [-0.15, -0.1) is 0 Å². The summed E-state index contributed by atoms with van der Waals surface area (Å²) in [4.78, 5) is 0. The van der Waals surface area contributed by atoms with Crippen LogP contribution in [0, 0.1) is 5.82 Å². The second-order valence-electron chi connectivity index (χ2n) is 7.05. The fourth-order valence-electron chi connectivity index (χ4n) is 3.92. The van der Waals surface area contributed by atoms with Gasteiger partial charge in [0.1, 0.15) is 17.3 Å². The van der Waals surface area contributed by atoms with Crippen molar-refractivity contribution in [2.24, 2.45) is 5.10 Å². The van der Waals surface area contributed by atoms with Gasteiger partial charge in [0.05, 0.1) is 24.4 Å². The van der Waals surface area contributed by atoms with Crippen LogP contribution in [-0.2, 0) is 0 Å². The molecule has 0 saturated carbocycles. The molecule has 2 aliphatic rings. The van der Waals surface area contributed by atoms with Gasteiger partial charge in [-0.2, -0.15) is 5.10 Å². The average molecular weight is 453 g/mol. The van der Waals surface area contributed by atoms with E-state index in [1.54, 1.807) is 19.2 Å². The molecule has 3 aromatic rings. The lowest BCUT2D eigenvalue weighted by Crippen LogP contribution is -2.34. The average Bonchev–Trinajstić information content (AvgIpc) is 3.20. The molecule has 5 rings (SSSR count). The zero-order valence-corrected chi connectivity index (χ0v) is 17.3. The van der Waals surface area contributed by atoms with Crippen LogP contribution < -0.4 is 9.47 Å².